The number of carbonyl (C=O) groups is 1. The molecule has 1 aromatic heterocycles. The second-order valence-corrected chi connectivity index (χ2v) is 16.8. The van der Waals surface area contributed by atoms with Gasteiger partial charge in [0.05, 0.1) is 6.16 Å². The van der Waals surface area contributed by atoms with E-state index in [0.717, 1.165) is 38.1 Å². The van der Waals surface area contributed by atoms with Gasteiger partial charge in [-0.2, -0.15) is 9.97 Å². The molecule has 3 fully saturated rings. The van der Waals surface area contributed by atoms with E-state index in [1.807, 2.05) is 25.7 Å². The van der Waals surface area contributed by atoms with Crippen molar-refractivity contribution in [2.75, 3.05) is 74.5 Å². The largest absolute Gasteiger partial charge is 0.383 e. The van der Waals surface area contributed by atoms with Crippen LogP contribution in [0.25, 0.3) is 0 Å². The smallest absolute Gasteiger partial charge is 0.325 e. The third kappa shape index (κ3) is 13.8. The number of aromatic nitrogens is 2. The molecule has 1 unspecified atom stereocenters. The molecule has 0 radical (unpaired) electrons. The first kappa shape index (κ1) is 37.8. The molecule has 1 aliphatic heterocycles. The van der Waals surface area contributed by atoms with Crippen molar-refractivity contribution in [1.82, 2.24) is 30.8 Å². The number of nitrogens with two attached hydrogens (primary N) is 1. The molecule has 2 saturated carbocycles. The summed E-state index contributed by atoms with van der Waals surface area (Å²) in [6, 6.07) is 2.00. The zero-order valence-corrected chi connectivity index (χ0v) is 29.9. The molecule has 1 aromatic rings. The number of nitrogen functional groups attached to an aromatic ring is 1. The van der Waals surface area contributed by atoms with Gasteiger partial charge in [-0.1, -0.05) is 19.3 Å². The van der Waals surface area contributed by atoms with Crippen LogP contribution in [0.15, 0.2) is 6.07 Å². The molecule has 2 aliphatic carbocycles. The van der Waals surface area contributed by atoms with Crippen molar-refractivity contribution < 1.29 is 19.1 Å². The van der Waals surface area contributed by atoms with E-state index in [1.54, 1.807) is 6.07 Å². The minimum Gasteiger partial charge on any atom is -0.383 e. The van der Waals surface area contributed by atoms with Crippen LogP contribution in [0, 0.1) is 11.8 Å². The lowest BCUT2D eigenvalue weighted by molar-refractivity contribution is -0.128. The molecule has 0 spiro atoms. The lowest BCUT2D eigenvalue weighted by Crippen LogP contribution is -2.61. The highest BCUT2D eigenvalue weighted by molar-refractivity contribution is 7.51. The van der Waals surface area contributed by atoms with Crippen molar-refractivity contribution in [2.24, 2.45) is 11.8 Å². The molecule has 268 valence electrons. The molecule has 13 nitrogen and oxygen atoms in total. The Balaban J connectivity index is 1.21. The van der Waals surface area contributed by atoms with Gasteiger partial charge in [0.1, 0.15) is 17.7 Å². The van der Waals surface area contributed by atoms with Crippen LogP contribution in [-0.4, -0.2) is 107 Å². The van der Waals surface area contributed by atoms with Crippen molar-refractivity contribution >= 4 is 31.1 Å². The second-order valence-electron chi connectivity index (χ2n) is 15.1. The topological polar surface area (TPSA) is 181 Å². The van der Waals surface area contributed by atoms with E-state index in [-0.39, 0.29) is 12.1 Å². The Bertz CT molecular complexity index is 1150. The molecular weight excluding hydrogens is 617 g/mol. The Labute approximate surface area is 282 Å². The first-order valence-electron chi connectivity index (χ1n) is 18.0. The van der Waals surface area contributed by atoms with Crippen LogP contribution in [-0.2, 0) is 9.36 Å². The number of hydrogen-bond donors (Lipinski definition) is 7. The number of carbonyl (C=O) groups excluding carboxylic acids is 1. The van der Waals surface area contributed by atoms with E-state index in [9.17, 15) is 19.1 Å². The highest BCUT2D eigenvalue weighted by Crippen LogP contribution is 2.35. The summed E-state index contributed by atoms with van der Waals surface area (Å²) >= 11 is 0. The molecule has 14 heteroatoms. The Morgan fingerprint density at radius 3 is 2.36 bits per heavy atom. The minimum absolute atomic E-state index is 0.115. The van der Waals surface area contributed by atoms with Gasteiger partial charge in [-0.25, -0.2) is 0 Å². The highest BCUT2D eigenvalue weighted by Gasteiger charge is 2.35. The van der Waals surface area contributed by atoms with E-state index in [4.69, 9.17) is 10.7 Å². The standard InChI is InChI=1S/C33H62N9O4P/c1-33(2,3)40-31(43)28-24-42(19-18-41(28)17-8-20-47(44,45)46)30-21-29(34)38-32(39-30)37-23-26-13-11-25(12-14-26)22-35-15-7-16-36-27-9-5-4-6-10-27/h21,25-28,35-36H,4-20,22-24H2,1-3H3,(H,40,43)(H2,44,45,46)(H3,34,37,38,39). The number of piperazine rings is 1. The first-order valence-corrected chi connectivity index (χ1v) is 19.8. The summed E-state index contributed by atoms with van der Waals surface area (Å²) in [5, 5.41) is 13.9. The number of nitrogens with zero attached hydrogens (tertiary/aromatic N) is 4. The maximum atomic E-state index is 13.3. The zero-order chi connectivity index (χ0) is 33.9. The predicted molar refractivity (Wildman–Crippen MR) is 190 cm³/mol. The van der Waals surface area contributed by atoms with Crippen LogP contribution in [0.4, 0.5) is 17.6 Å². The number of hydrogen-bond acceptors (Lipinski definition) is 10. The Hall–Kier alpha value is -2.02. The molecule has 1 amide bonds. The first-order chi connectivity index (χ1) is 22.3. The SMILES string of the molecule is CC(C)(C)NC(=O)C1CN(c2cc(N)nc(NCC3CCC(CNCCCNC4CCCCC4)CC3)n2)CCN1CCCP(=O)(O)O. The number of amides is 1. The van der Waals surface area contributed by atoms with Crippen LogP contribution in [0.3, 0.4) is 0 Å². The van der Waals surface area contributed by atoms with Gasteiger partial charge >= 0.3 is 7.60 Å². The average molecular weight is 680 g/mol. The Morgan fingerprint density at radius 2 is 1.68 bits per heavy atom. The van der Waals surface area contributed by atoms with Gasteiger partial charge in [-0.3, -0.25) is 14.3 Å². The third-order valence-electron chi connectivity index (χ3n) is 9.76. The monoisotopic (exact) mass is 679 g/mol. The molecule has 47 heavy (non-hydrogen) atoms. The fraction of sp³-hybridized carbons (Fsp3) is 0.848. The molecule has 0 aromatic carbocycles. The lowest BCUT2D eigenvalue weighted by Gasteiger charge is -2.42. The predicted octanol–water partition coefficient (Wildman–Crippen LogP) is 3.15. The quantitative estimate of drug-likeness (QED) is 0.100. The number of nitrogens with one attached hydrogen (secondary N) is 4. The van der Waals surface area contributed by atoms with Gasteiger partial charge in [0, 0.05) is 43.8 Å². The van der Waals surface area contributed by atoms with E-state index >= 15 is 0 Å². The number of anilines is 3. The summed E-state index contributed by atoms with van der Waals surface area (Å²) in [4.78, 5) is 45.3. The van der Waals surface area contributed by atoms with Crippen LogP contribution < -0.4 is 31.9 Å². The van der Waals surface area contributed by atoms with E-state index in [1.165, 1.54) is 64.2 Å². The normalized spacial score (nSPS) is 23.5. The van der Waals surface area contributed by atoms with Crippen LogP contribution in [0.2, 0.25) is 0 Å². The fourth-order valence-corrected chi connectivity index (χ4v) is 7.73. The summed E-state index contributed by atoms with van der Waals surface area (Å²) in [5.74, 6) is 2.75. The molecule has 4 rings (SSSR count). The van der Waals surface area contributed by atoms with Gasteiger partial charge < -0.3 is 41.7 Å². The summed E-state index contributed by atoms with van der Waals surface area (Å²) in [5.41, 5.74) is 5.82. The zero-order valence-electron chi connectivity index (χ0n) is 29.1. The third-order valence-corrected chi connectivity index (χ3v) is 10.7. The Morgan fingerprint density at radius 1 is 0.979 bits per heavy atom. The summed E-state index contributed by atoms with van der Waals surface area (Å²) in [6.07, 6.45) is 13.0. The highest BCUT2D eigenvalue weighted by atomic mass is 31.2. The van der Waals surface area contributed by atoms with Gasteiger partial charge in [0.25, 0.3) is 0 Å². The molecule has 1 atom stereocenters. The lowest BCUT2D eigenvalue weighted by atomic mass is 9.82. The molecule has 0 bridgehead atoms. The van der Waals surface area contributed by atoms with Gasteiger partial charge in [-0.15, -0.1) is 0 Å². The fourth-order valence-electron chi connectivity index (χ4n) is 7.18. The van der Waals surface area contributed by atoms with E-state index < -0.39 is 19.2 Å². The van der Waals surface area contributed by atoms with Gasteiger partial charge in [-0.05, 0) is 110 Å². The van der Waals surface area contributed by atoms with Crippen LogP contribution in [0.5, 0.6) is 0 Å². The molecular formula is C33H62N9O4P. The maximum Gasteiger partial charge on any atom is 0.325 e. The minimum atomic E-state index is -4.09. The van der Waals surface area contributed by atoms with Crippen molar-refractivity contribution in [2.45, 2.75) is 109 Å². The average Bonchev–Trinajstić information content (AvgIpc) is 3.01. The molecule has 1 saturated heterocycles. The summed E-state index contributed by atoms with van der Waals surface area (Å²) < 4.78 is 11.4. The van der Waals surface area contributed by atoms with Crippen molar-refractivity contribution in [3.8, 4) is 0 Å². The molecule has 8 N–H and O–H groups in total. The number of rotatable bonds is 16. The Kier molecular flexibility index (Phi) is 14.6. The molecule has 3 aliphatic rings. The van der Waals surface area contributed by atoms with E-state index in [0.29, 0.717) is 56.1 Å². The van der Waals surface area contributed by atoms with Crippen LogP contribution >= 0.6 is 7.60 Å². The van der Waals surface area contributed by atoms with Crippen molar-refractivity contribution in [1.29, 1.82) is 0 Å². The van der Waals surface area contributed by atoms with Gasteiger partial charge in [0.2, 0.25) is 11.9 Å². The van der Waals surface area contributed by atoms with E-state index in [2.05, 4.69) is 31.2 Å². The van der Waals surface area contributed by atoms with Crippen molar-refractivity contribution in [3.63, 3.8) is 0 Å². The summed E-state index contributed by atoms with van der Waals surface area (Å²) in [7, 11) is -4.09. The van der Waals surface area contributed by atoms with Crippen LogP contribution in [0.1, 0.15) is 91.4 Å². The molecule has 2 heterocycles. The maximum absolute atomic E-state index is 13.3. The van der Waals surface area contributed by atoms with Crippen molar-refractivity contribution in [3.05, 3.63) is 6.07 Å². The van der Waals surface area contributed by atoms with Gasteiger partial charge in [0.15, 0.2) is 0 Å². The second kappa shape index (κ2) is 18.1. The summed E-state index contributed by atoms with van der Waals surface area (Å²) in [6.45, 7) is 11.9.